The molecule has 1 heterocycles. The van der Waals surface area contributed by atoms with Gasteiger partial charge in [-0.25, -0.2) is 0 Å². The fourth-order valence-corrected chi connectivity index (χ4v) is 1.60. The van der Waals surface area contributed by atoms with E-state index in [4.69, 9.17) is 5.73 Å². The number of thiophene rings is 1. The highest BCUT2D eigenvalue weighted by Crippen LogP contribution is 2.19. The molecule has 2 N–H and O–H groups in total. The molecule has 0 amide bonds. The van der Waals surface area contributed by atoms with Crippen molar-refractivity contribution < 1.29 is 9.53 Å². The summed E-state index contributed by atoms with van der Waals surface area (Å²) in [6.07, 6.45) is 0.247. The van der Waals surface area contributed by atoms with Crippen molar-refractivity contribution in [2.45, 2.75) is 12.5 Å². The maximum Gasteiger partial charge on any atom is 0.307 e. The number of hydrogen-bond acceptors (Lipinski definition) is 4. The molecule has 1 unspecified atom stereocenters. The van der Waals surface area contributed by atoms with E-state index < -0.39 is 0 Å². The molecular weight excluding hydrogens is 210 g/mol. The van der Waals surface area contributed by atoms with E-state index in [1.54, 1.807) is 11.3 Å². The third kappa shape index (κ3) is 3.76. The van der Waals surface area contributed by atoms with Gasteiger partial charge in [0.25, 0.3) is 0 Å². The SMILES string of the molecule is COC(=O)CC(N)c1cccs1.Cl. The van der Waals surface area contributed by atoms with Gasteiger partial charge in [0, 0.05) is 10.9 Å². The maximum atomic E-state index is 10.8. The first-order valence-corrected chi connectivity index (χ1v) is 4.48. The molecule has 0 aliphatic rings. The number of nitrogens with two attached hydrogens (primary N) is 1. The largest absolute Gasteiger partial charge is 0.469 e. The Morgan fingerprint density at radius 3 is 2.92 bits per heavy atom. The van der Waals surface area contributed by atoms with Crippen LogP contribution in [0.5, 0.6) is 0 Å². The Morgan fingerprint density at radius 1 is 1.77 bits per heavy atom. The first kappa shape index (κ1) is 12.4. The molecule has 0 bridgehead atoms. The summed E-state index contributed by atoms with van der Waals surface area (Å²) in [7, 11) is 1.36. The molecule has 0 spiro atoms. The van der Waals surface area contributed by atoms with E-state index in [1.807, 2.05) is 17.5 Å². The lowest BCUT2D eigenvalue weighted by Gasteiger charge is -2.06. The Morgan fingerprint density at radius 2 is 2.46 bits per heavy atom. The maximum absolute atomic E-state index is 10.8. The summed E-state index contributed by atoms with van der Waals surface area (Å²) in [4.78, 5) is 11.8. The van der Waals surface area contributed by atoms with Crippen LogP contribution in [-0.2, 0) is 9.53 Å². The lowest BCUT2D eigenvalue weighted by atomic mass is 10.2. The van der Waals surface area contributed by atoms with Crippen LogP contribution < -0.4 is 5.73 Å². The van der Waals surface area contributed by atoms with Crippen molar-refractivity contribution in [2.75, 3.05) is 7.11 Å². The third-order valence-electron chi connectivity index (χ3n) is 1.52. The number of hydrogen-bond donors (Lipinski definition) is 1. The lowest BCUT2D eigenvalue weighted by molar-refractivity contribution is -0.141. The second-order valence-corrected chi connectivity index (χ2v) is 3.38. The molecule has 0 saturated carbocycles. The minimum Gasteiger partial charge on any atom is -0.469 e. The zero-order valence-electron chi connectivity index (χ0n) is 7.23. The van der Waals surface area contributed by atoms with Crippen LogP contribution in [0.4, 0.5) is 0 Å². The van der Waals surface area contributed by atoms with Crippen molar-refractivity contribution in [1.29, 1.82) is 0 Å². The van der Waals surface area contributed by atoms with Gasteiger partial charge in [-0.1, -0.05) is 6.07 Å². The molecule has 0 aliphatic heterocycles. The molecule has 1 aromatic rings. The van der Waals surface area contributed by atoms with E-state index in [2.05, 4.69) is 4.74 Å². The highest BCUT2D eigenvalue weighted by Gasteiger charge is 2.11. The first-order valence-electron chi connectivity index (χ1n) is 3.60. The highest BCUT2D eigenvalue weighted by atomic mass is 35.5. The van der Waals surface area contributed by atoms with Crippen molar-refractivity contribution in [3.63, 3.8) is 0 Å². The van der Waals surface area contributed by atoms with Crippen LogP contribution in [0, 0.1) is 0 Å². The minimum atomic E-state index is -0.268. The third-order valence-corrected chi connectivity index (χ3v) is 2.53. The Bertz CT molecular complexity index is 251. The van der Waals surface area contributed by atoms with E-state index in [0.29, 0.717) is 0 Å². The smallest absolute Gasteiger partial charge is 0.307 e. The van der Waals surface area contributed by atoms with Gasteiger partial charge in [0.05, 0.1) is 13.5 Å². The second-order valence-electron chi connectivity index (χ2n) is 2.40. The molecule has 13 heavy (non-hydrogen) atoms. The lowest BCUT2D eigenvalue weighted by Crippen LogP contribution is -2.14. The number of rotatable bonds is 3. The fourth-order valence-electron chi connectivity index (χ4n) is 0.866. The zero-order chi connectivity index (χ0) is 8.97. The van der Waals surface area contributed by atoms with Gasteiger partial charge in [0.2, 0.25) is 0 Å². The molecule has 0 aliphatic carbocycles. The average molecular weight is 222 g/mol. The predicted octanol–water partition coefficient (Wildman–Crippen LogP) is 1.73. The molecule has 0 radical (unpaired) electrons. The molecule has 1 aromatic heterocycles. The van der Waals surface area contributed by atoms with Crippen molar-refractivity contribution >= 4 is 29.7 Å². The monoisotopic (exact) mass is 221 g/mol. The number of methoxy groups -OCH3 is 1. The molecule has 3 nitrogen and oxygen atoms in total. The number of carbonyl (C=O) groups excluding carboxylic acids is 1. The van der Waals surface area contributed by atoms with Crippen LogP contribution in [0.1, 0.15) is 17.3 Å². The quantitative estimate of drug-likeness (QED) is 0.791. The van der Waals surface area contributed by atoms with Gasteiger partial charge < -0.3 is 10.5 Å². The topological polar surface area (TPSA) is 52.3 Å². The molecular formula is C8H12ClNO2S. The number of carbonyl (C=O) groups is 1. The Balaban J connectivity index is 0.00000144. The predicted molar refractivity (Wildman–Crippen MR) is 55.1 cm³/mol. The summed E-state index contributed by atoms with van der Waals surface area (Å²) >= 11 is 1.55. The fraction of sp³-hybridized carbons (Fsp3) is 0.375. The van der Waals surface area contributed by atoms with Crippen molar-refractivity contribution in [1.82, 2.24) is 0 Å². The van der Waals surface area contributed by atoms with E-state index >= 15 is 0 Å². The van der Waals surface area contributed by atoms with E-state index in [0.717, 1.165) is 4.88 Å². The zero-order valence-corrected chi connectivity index (χ0v) is 8.86. The van der Waals surface area contributed by atoms with Crippen LogP contribution in [0.25, 0.3) is 0 Å². The van der Waals surface area contributed by atoms with Crippen LogP contribution >= 0.6 is 23.7 Å². The van der Waals surface area contributed by atoms with Crippen molar-refractivity contribution in [3.05, 3.63) is 22.4 Å². The molecule has 74 valence electrons. The van der Waals surface area contributed by atoms with Gasteiger partial charge >= 0.3 is 5.97 Å². The summed E-state index contributed by atoms with van der Waals surface area (Å²) in [6.45, 7) is 0. The van der Waals surface area contributed by atoms with Gasteiger partial charge in [0.15, 0.2) is 0 Å². The van der Waals surface area contributed by atoms with E-state index in [-0.39, 0.29) is 30.8 Å². The normalized spacial score (nSPS) is 11.5. The number of ether oxygens (including phenoxy) is 1. The molecule has 1 atom stereocenters. The molecule has 0 saturated heterocycles. The van der Waals surface area contributed by atoms with Crippen molar-refractivity contribution in [2.24, 2.45) is 5.73 Å². The van der Waals surface area contributed by atoms with Gasteiger partial charge in [-0.3, -0.25) is 4.79 Å². The Kier molecular flexibility index (Phi) is 5.70. The molecule has 1 rings (SSSR count). The van der Waals surface area contributed by atoms with E-state index in [1.165, 1.54) is 7.11 Å². The summed E-state index contributed by atoms with van der Waals surface area (Å²) in [5, 5.41) is 1.94. The van der Waals surface area contributed by atoms with Gasteiger partial charge in [0.1, 0.15) is 0 Å². The van der Waals surface area contributed by atoms with Gasteiger partial charge in [-0.15, -0.1) is 23.7 Å². The summed E-state index contributed by atoms with van der Waals surface area (Å²) in [6, 6.07) is 3.60. The highest BCUT2D eigenvalue weighted by molar-refractivity contribution is 7.10. The summed E-state index contributed by atoms with van der Waals surface area (Å²) in [5.74, 6) is -0.268. The minimum absolute atomic E-state index is 0. The Labute approximate surface area is 87.3 Å². The van der Waals surface area contributed by atoms with Crippen LogP contribution in [0.15, 0.2) is 17.5 Å². The standard InChI is InChI=1S/C8H11NO2S.ClH/c1-11-8(10)5-6(9)7-3-2-4-12-7;/h2-4,6H,5,9H2,1H3;1H. The van der Waals surface area contributed by atoms with Crippen LogP contribution in [0.2, 0.25) is 0 Å². The average Bonchev–Trinajstić information content (AvgIpc) is 2.56. The molecule has 5 heteroatoms. The van der Waals surface area contributed by atoms with Crippen molar-refractivity contribution in [3.8, 4) is 0 Å². The second kappa shape index (κ2) is 5.96. The molecule has 0 aromatic carbocycles. The first-order chi connectivity index (χ1) is 5.74. The summed E-state index contributed by atoms with van der Waals surface area (Å²) in [5.41, 5.74) is 5.73. The number of esters is 1. The summed E-state index contributed by atoms with van der Waals surface area (Å²) < 4.78 is 4.50. The van der Waals surface area contributed by atoms with Crippen LogP contribution in [-0.4, -0.2) is 13.1 Å². The van der Waals surface area contributed by atoms with E-state index in [9.17, 15) is 4.79 Å². The molecule has 0 fully saturated rings. The number of halogens is 1. The van der Waals surface area contributed by atoms with Gasteiger partial charge in [-0.2, -0.15) is 0 Å². The van der Waals surface area contributed by atoms with Gasteiger partial charge in [-0.05, 0) is 11.4 Å². The Hall–Kier alpha value is -0.580. The van der Waals surface area contributed by atoms with Crippen LogP contribution in [0.3, 0.4) is 0 Å².